The van der Waals surface area contributed by atoms with Crippen LogP contribution in [0, 0.1) is 6.92 Å². The molecule has 0 saturated carbocycles. The van der Waals surface area contributed by atoms with Gasteiger partial charge in [-0.2, -0.15) is 0 Å². The SMILES string of the molecule is CCn1c(C(C)N)cc2cccc(C)c21. The Morgan fingerprint density at radius 2 is 2.13 bits per heavy atom. The maximum absolute atomic E-state index is 5.98. The van der Waals surface area contributed by atoms with E-state index in [0.717, 1.165) is 6.54 Å². The number of aryl methyl sites for hydroxylation is 2. The summed E-state index contributed by atoms with van der Waals surface area (Å²) in [4.78, 5) is 0. The molecule has 2 heteroatoms. The van der Waals surface area contributed by atoms with Gasteiger partial charge in [0.1, 0.15) is 0 Å². The molecular formula is C13H18N2. The number of aromatic nitrogens is 1. The molecule has 1 atom stereocenters. The van der Waals surface area contributed by atoms with Crippen LogP contribution in [0.25, 0.3) is 10.9 Å². The molecule has 0 bridgehead atoms. The number of benzene rings is 1. The maximum Gasteiger partial charge on any atom is 0.0512 e. The second kappa shape index (κ2) is 3.70. The van der Waals surface area contributed by atoms with Crippen LogP contribution in [0.4, 0.5) is 0 Å². The van der Waals surface area contributed by atoms with Crippen molar-refractivity contribution in [3.63, 3.8) is 0 Å². The first-order chi connectivity index (χ1) is 7.15. The molecule has 0 saturated heterocycles. The smallest absolute Gasteiger partial charge is 0.0512 e. The summed E-state index contributed by atoms with van der Waals surface area (Å²) in [5.41, 5.74) is 9.85. The van der Waals surface area contributed by atoms with E-state index in [9.17, 15) is 0 Å². The Labute approximate surface area is 90.7 Å². The van der Waals surface area contributed by atoms with Crippen LogP contribution in [0.2, 0.25) is 0 Å². The summed E-state index contributed by atoms with van der Waals surface area (Å²) in [5.74, 6) is 0. The molecule has 0 aliphatic rings. The van der Waals surface area contributed by atoms with E-state index in [1.165, 1.54) is 22.2 Å². The average molecular weight is 202 g/mol. The Kier molecular flexibility index (Phi) is 2.53. The zero-order chi connectivity index (χ0) is 11.0. The molecule has 2 rings (SSSR count). The van der Waals surface area contributed by atoms with Crippen LogP contribution in [0.3, 0.4) is 0 Å². The molecule has 15 heavy (non-hydrogen) atoms. The van der Waals surface area contributed by atoms with E-state index in [2.05, 4.69) is 42.7 Å². The summed E-state index contributed by atoms with van der Waals surface area (Å²) in [7, 11) is 0. The van der Waals surface area contributed by atoms with Crippen molar-refractivity contribution in [2.24, 2.45) is 5.73 Å². The lowest BCUT2D eigenvalue weighted by Crippen LogP contribution is -2.11. The van der Waals surface area contributed by atoms with Gasteiger partial charge in [0.15, 0.2) is 0 Å². The zero-order valence-corrected chi connectivity index (χ0v) is 9.62. The van der Waals surface area contributed by atoms with E-state index in [1.54, 1.807) is 0 Å². The van der Waals surface area contributed by atoms with Crippen molar-refractivity contribution in [2.75, 3.05) is 0 Å². The van der Waals surface area contributed by atoms with Crippen LogP contribution in [0.1, 0.15) is 31.1 Å². The second-order valence-corrected chi connectivity index (χ2v) is 4.11. The lowest BCUT2D eigenvalue weighted by Gasteiger charge is -2.11. The summed E-state index contributed by atoms with van der Waals surface area (Å²) in [5, 5.41) is 1.30. The van der Waals surface area contributed by atoms with Crippen molar-refractivity contribution in [1.82, 2.24) is 4.57 Å². The molecule has 0 radical (unpaired) electrons. The highest BCUT2D eigenvalue weighted by molar-refractivity contribution is 5.84. The predicted octanol–water partition coefficient (Wildman–Crippen LogP) is 2.99. The minimum absolute atomic E-state index is 0.0942. The Morgan fingerprint density at radius 1 is 1.40 bits per heavy atom. The standard InChI is InChI=1S/C13H18N2/c1-4-15-12(10(3)14)8-11-7-5-6-9(2)13(11)15/h5-8,10H,4,14H2,1-3H3. The van der Waals surface area contributed by atoms with Crippen molar-refractivity contribution in [3.8, 4) is 0 Å². The number of nitrogens with zero attached hydrogens (tertiary/aromatic N) is 1. The van der Waals surface area contributed by atoms with E-state index < -0.39 is 0 Å². The Bertz CT molecular complexity index is 480. The van der Waals surface area contributed by atoms with Crippen LogP contribution >= 0.6 is 0 Å². The summed E-state index contributed by atoms with van der Waals surface area (Å²) in [6.45, 7) is 7.33. The molecule has 0 spiro atoms. The number of hydrogen-bond acceptors (Lipinski definition) is 1. The number of nitrogens with two attached hydrogens (primary N) is 1. The Balaban J connectivity index is 2.80. The van der Waals surface area contributed by atoms with Gasteiger partial charge in [0, 0.05) is 23.7 Å². The third kappa shape index (κ3) is 1.55. The first kappa shape index (κ1) is 10.2. The van der Waals surface area contributed by atoms with Gasteiger partial charge in [0.25, 0.3) is 0 Å². The fourth-order valence-electron chi connectivity index (χ4n) is 2.25. The van der Waals surface area contributed by atoms with Crippen LogP contribution in [-0.4, -0.2) is 4.57 Å². The number of rotatable bonds is 2. The van der Waals surface area contributed by atoms with Crippen molar-refractivity contribution < 1.29 is 0 Å². The largest absolute Gasteiger partial charge is 0.343 e. The van der Waals surface area contributed by atoms with Crippen molar-refractivity contribution in [1.29, 1.82) is 0 Å². The Hall–Kier alpha value is -1.28. The molecular weight excluding hydrogens is 184 g/mol. The molecule has 2 aromatic rings. The first-order valence-corrected chi connectivity index (χ1v) is 5.49. The molecule has 0 fully saturated rings. The van der Waals surface area contributed by atoms with Gasteiger partial charge in [-0.05, 0) is 32.4 Å². The van der Waals surface area contributed by atoms with E-state index >= 15 is 0 Å². The van der Waals surface area contributed by atoms with Crippen LogP contribution in [0.5, 0.6) is 0 Å². The Morgan fingerprint density at radius 3 is 2.73 bits per heavy atom. The van der Waals surface area contributed by atoms with E-state index in [0.29, 0.717) is 0 Å². The van der Waals surface area contributed by atoms with Crippen molar-refractivity contribution >= 4 is 10.9 Å². The van der Waals surface area contributed by atoms with Gasteiger partial charge in [0.2, 0.25) is 0 Å². The van der Waals surface area contributed by atoms with Gasteiger partial charge in [-0.25, -0.2) is 0 Å². The summed E-state index contributed by atoms with van der Waals surface area (Å²) < 4.78 is 2.31. The molecule has 2 nitrogen and oxygen atoms in total. The normalized spacial score (nSPS) is 13.3. The molecule has 0 aliphatic heterocycles. The number of fused-ring (bicyclic) bond motifs is 1. The highest BCUT2D eigenvalue weighted by Gasteiger charge is 2.11. The van der Waals surface area contributed by atoms with Crippen molar-refractivity contribution in [3.05, 3.63) is 35.5 Å². The molecule has 1 aromatic heterocycles. The third-order valence-corrected chi connectivity index (χ3v) is 2.94. The minimum Gasteiger partial charge on any atom is -0.343 e. The van der Waals surface area contributed by atoms with E-state index in [1.807, 2.05) is 6.92 Å². The van der Waals surface area contributed by atoms with Gasteiger partial charge >= 0.3 is 0 Å². The van der Waals surface area contributed by atoms with Crippen molar-refractivity contribution in [2.45, 2.75) is 33.4 Å². The highest BCUT2D eigenvalue weighted by Crippen LogP contribution is 2.25. The topological polar surface area (TPSA) is 30.9 Å². The van der Waals surface area contributed by atoms with Gasteiger partial charge in [-0.15, -0.1) is 0 Å². The monoisotopic (exact) mass is 202 g/mol. The highest BCUT2D eigenvalue weighted by atomic mass is 15.0. The van der Waals surface area contributed by atoms with Crippen LogP contribution in [-0.2, 0) is 6.54 Å². The first-order valence-electron chi connectivity index (χ1n) is 5.49. The minimum atomic E-state index is 0.0942. The maximum atomic E-state index is 5.98. The zero-order valence-electron chi connectivity index (χ0n) is 9.62. The summed E-state index contributed by atoms with van der Waals surface area (Å²) in [6.07, 6.45) is 0. The summed E-state index contributed by atoms with van der Waals surface area (Å²) >= 11 is 0. The van der Waals surface area contributed by atoms with Gasteiger partial charge in [-0.3, -0.25) is 0 Å². The van der Waals surface area contributed by atoms with Gasteiger partial charge in [-0.1, -0.05) is 18.2 Å². The number of hydrogen-bond donors (Lipinski definition) is 1. The molecule has 1 aromatic carbocycles. The molecule has 0 amide bonds. The average Bonchev–Trinajstić information content (AvgIpc) is 2.57. The molecule has 2 N–H and O–H groups in total. The fourth-order valence-corrected chi connectivity index (χ4v) is 2.25. The number of para-hydroxylation sites is 1. The molecule has 1 heterocycles. The quantitative estimate of drug-likeness (QED) is 0.797. The molecule has 80 valence electrons. The van der Waals surface area contributed by atoms with Crippen LogP contribution in [0.15, 0.2) is 24.3 Å². The lowest BCUT2D eigenvalue weighted by atomic mass is 10.1. The summed E-state index contributed by atoms with van der Waals surface area (Å²) in [6, 6.07) is 8.70. The second-order valence-electron chi connectivity index (χ2n) is 4.11. The predicted molar refractivity (Wildman–Crippen MR) is 65.0 cm³/mol. The third-order valence-electron chi connectivity index (χ3n) is 2.94. The van der Waals surface area contributed by atoms with Gasteiger partial charge in [0.05, 0.1) is 5.52 Å². The fraction of sp³-hybridized carbons (Fsp3) is 0.385. The lowest BCUT2D eigenvalue weighted by molar-refractivity contribution is 0.673. The van der Waals surface area contributed by atoms with E-state index in [-0.39, 0.29) is 6.04 Å². The molecule has 1 unspecified atom stereocenters. The van der Waals surface area contributed by atoms with Gasteiger partial charge < -0.3 is 10.3 Å². The van der Waals surface area contributed by atoms with E-state index in [4.69, 9.17) is 5.73 Å². The molecule has 0 aliphatic carbocycles. The van der Waals surface area contributed by atoms with Crippen LogP contribution < -0.4 is 5.73 Å².